The van der Waals surface area contributed by atoms with Crippen LogP contribution in [0.15, 0.2) is 59.5 Å². The molecule has 2 rings (SSSR count). The van der Waals surface area contributed by atoms with E-state index in [0.29, 0.717) is 6.42 Å². The van der Waals surface area contributed by atoms with Crippen LogP contribution in [0.5, 0.6) is 0 Å². The maximum Gasteiger partial charge on any atom is 0.241 e. The summed E-state index contributed by atoms with van der Waals surface area (Å²) in [7, 11) is -3.75. The predicted molar refractivity (Wildman–Crippen MR) is 95.3 cm³/mol. The summed E-state index contributed by atoms with van der Waals surface area (Å²) in [6.45, 7) is 5.45. The van der Waals surface area contributed by atoms with E-state index in [1.165, 1.54) is 0 Å². The molecule has 0 fully saturated rings. The van der Waals surface area contributed by atoms with Crippen molar-refractivity contribution in [3.05, 3.63) is 65.7 Å². The van der Waals surface area contributed by atoms with E-state index in [9.17, 15) is 13.2 Å². The molecule has 2 aromatic carbocycles. The molecular weight excluding hydrogens is 322 g/mol. The first kappa shape index (κ1) is 18.4. The van der Waals surface area contributed by atoms with Crippen LogP contribution in [0, 0.1) is 12.8 Å². The van der Waals surface area contributed by atoms with E-state index < -0.39 is 16.1 Å². The molecule has 0 aliphatic rings. The van der Waals surface area contributed by atoms with Crippen LogP contribution in [0.3, 0.4) is 0 Å². The standard InChI is InChI=1S/C19H23NO3S/c1-14(2)19(21)18(13-16-7-5-4-6-8-16)20-24(22,23)17-11-9-15(3)10-12-17/h4-12,14,18,20H,13H2,1-3H3/t18-/m0/s1. The molecule has 0 unspecified atom stereocenters. The third kappa shape index (κ3) is 4.76. The largest absolute Gasteiger partial charge is 0.298 e. The first-order valence-electron chi connectivity index (χ1n) is 7.96. The Morgan fingerprint density at radius 1 is 1.00 bits per heavy atom. The van der Waals surface area contributed by atoms with Gasteiger partial charge in [0, 0.05) is 5.92 Å². The minimum atomic E-state index is -3.75. The SMILES string of the molecule is Cc1ccc(S(=O)(=O)N[C@@H](Cc2ccccc2)C(=O)C(C)C)cc1. The summed E-state index contributed by atoms with van der Waals surface area (Å²) in [5, 5.41) is 0. The van der Waals surface area contributed by atoms with Crippen LogP contribution in [0.1, 0.15) is 25.0 Å². The number of sulfonamides is 1. The maximum atomic E-state index is 12.6. The Labute approximate surface area is 144 Å². The van der Waals surface area contributed by atoms with Gasteiger partial charge in [0.2, 0.25) is 10.0 Å². The summed E-state index contributed by atoms with van der Waals surface area (Å²) < 4.78 is 27.8. The van der Waals surface area contributed by atoms with Gasteiger partial charge in [-0.05, 0) is 31.0 Å². The van der Waals surface area contributed by atoms with E-state index in [1.807, 2.05) is 37.3 Å². The van der Waals surface area contributed by atoms with E-state index >= 15 is 0 Å². The molecule has 4 nitrogen and oxygen atoms in total. The Balaban J connectivity index is 2.27. The van der Waals surface area contributed by atoms with Crippen LogP contribution in [-0.2, 0) is 21.2 Å². The van der Waals surface area contributed by atoms with Crippen molar-refractivity contribution in [2.45, 2.75) is 38.1 Å². The number of Topliss-reactive ketones (excluding diaryl/α,β-unsaturated/α-hetero) is 1. The smallest absolute Gasteiger partial charge is 0.241 e. The number of ketones is 1. The van der Waals surface area contributed by atoms with Crippen LogP contribution in [0.25, 0.3) is 0 Å². The van der Waals surface area contributed by atoms with Crippen LogP contribution < -0.4 is 4.72 Å². The van der Waals surface area contributed by atoms with Gasteiger partial charge in [-0.3, -0.25) is 4.79 Å². The molecule has 0 spiro atoms. The minimum absolute atomic E-state index is 0.116. The summed E-state index contributed by atoms with van der Waals surface area (Å²) in [5.41, 5.74) is 1.90. The van der Waals surface area contributed by atoms with Gasteiger partial charge in [-0.15, -0.1) is 0 Å². The number of carbonyl (C=O) groups is 1. The Kier molecular flexibility index (Phi) is 5.91. The Morgan fingerprint density at radius 3 is 2.12 bits per heavy atom. The van der Waals surface area contributed by atoms with Gasteiger partial charge in [0.05, 0.1) is 10.9 Å². The average Bonchev–Trinajstić information content (AvgIpc) is 2.54. The highest BCUT2D eigenvalue weighted by Crippen LogP contribution is 2.14. The molecule has 0 saturated heterocycles. The van der Waals surface area contributed by atoms with E-state index in [1.54, 1.807) is 38.1 Å². The fourth-order valence-electron chi connectivity index (χ4n) is 2.43. The zero-order chi connectivity index (χ0) is 17.7. The first-order chi connectivity index (χ1) is 11.3. The van der Waals surface area contributed by atoms with Gasteiger partial charge in [0.1, 0.15) is 0 Å². The summed E-state index contributed by atoms with van der Waals surface area (Å²) in [6.07, 6.45) is 0.336. The van der Waals surface area contributed by atoms with Crippen molar-refractivity contribution in [1.82, 2.24) is 4.72 Å². The molecule has 0 saturated carbocycles. The van der Waals surface area contributed by atoms with Gasteiger partial charge in [-0.25, -0.2) is 13.1 Å². The van der Waals surface area contributed by atoms with Gasteiger partial charge >= 0.3 is 0 Å². The molecule has 0 bridgehead atoms. The van der Waals surface area contributed by atoms with Crippen molar-refractivity contribution in [3.8, 4) is 0 Å². The van der Waals surface area contributed by atoms with Gasteiger partial charge in [-0.1, -0.05) is 61.9 Å². The van der Waals surface area contributed by atoms with Crippen LogP contribution in [0.2, 0.25) is 0 Å². The highest BCUT2D eigenvalue weighted by atomic mass is 32.2. The lowest BCUT2D eigenvalue weighted by molar-refractivity contribution is -0.123. The Morgan fingerprint density at radius 2 is 1.58 bits per heavy atom. The van der Waals surface area contributed by atoms with Crippen LogP contribution in [0.4, 0.5) is 0 Å². The number of benzene rings is 2. The molecule has 0 aromatic heterocycles. The van der Waals surface area contributed by atoms with Gasteiger partial charge < -0.3 is 0 Å². The fourth-order valence-corrected chi connectivity index (χ4v) is 3.63. The predicted octanol–water partition coefficient (Wildman–Crippen LogP) is 3.11. The molecule has 0 aliphatic carbocycles. The molecule has 1 atom stereocenters. The molecule has 0 radical (unpaired) electrons. The van der Waals surface area contributed by atoms with Crippen molar-refractivity contribution in [3.63, 3.8) is 0 Å². The minimum Gasteiger partial charge on any atom is -0.298 e. The molecule has 2 aromatic rings. The highest BCUT2D eigenvalue weighted by Gasteiger charge is 2.27. The number of hydrogen-bond acceptors (Lipinski definition) is 3. The van der Waals surface area contributed by atoms with Crippen molar-refractivity contribution in [2.24, 2.45) is 5.92 Å². The van der Waals surface area contributed by atoms with Gasteiger partial charge in [-0.2, -0.15) is 0 Å². The van der Waals surface area contributed by atoms with Crippen molar-refractivity contribution >= 4 is 15.8 Å². The maximum absolute atomic E-state index is 12.6. The van der Waals surface area contributed by atoms with E-state index in [0.717, 1.165) is 11.1 Å². The molecule has 1 N–H and O–H groups in total. The lowest BCUT2D eigenvalue weighted by atomic mass is 9.97. The molecule has 0 heterocycles. The summed E-state index contributed by atoms with van der Waals surface area (Å²) in [4.78, 5) is 12.7. The molecule has 0 amide bonds. The first-order valence-corrected chi connectivity index (χ1v) is 9.44. The molecule has 24 heavy (non-hydrogen) atoms. The Bertz CT molecular complexity index is 781. The second-order valence-electron chi connectivity index (χ2n) is 6.23. The molecule has 5 heteroatoms. The van der Waals surface area contributed by atoms with Crippen molar-refractivity contribution in [2.75, 3.05) is 0 Å². The normalized spacial score (nSPS) is 13.0. The Hall–Kier alpha value is -1.98. The number of nitrogens with one attached hydrogen (secondary N) is 1. The quantitative estimate of drug-likeness (QED) is 0.839. The highest BCUT2D eigenvalue weighted by molar-refractivity contribution is 7.89. The number of aryl methyl sites for hydroxylation is 1. The van der Waals surface area contributed by atoms with Crippen molar-refractivity contribution < 1.29 is 13.2 Å². The fraction of sp³-hybridized carbons (Fsp3) is 0.316. The molecular formula is C19H23NO3S. The molecule has 128 valence electrons. The zero-order valence-electron chi connectivity index (χ0n) is 14.2. The summed E-state index contributed by atoms with van der Waals surface area (Å²) in [6, 6.07) is 15.2. The third-order valence-corrected chi connectivity index (χ3v) is 5.31. The van der Waals surface area contributed by atoms with Crippen molar-refractivity contribution in [1.29, 1.82) is 0 Å². The lowest BCUT2D eigenvalue weighted by Gasteiger charge is -2.20. The number of hydrogen-bond donors (Lipinski definition) is 1. The van der Waals surface area contributed by atoms with Crippen LogP contribution >= 0.6 is 0 Å². The average molecular weight is 345 g/mol. The zero-order valence-corrected chi connectivity index (χ0v) is 15.0. The number of rotatable bonds is 7. The van der Waals surface area contributed by atoms with E-state index in [4.69, 9.17) is 0 Å². The third-order valence-electron chi connectivity index (χ3n) is 3.82. The lowest BCUT2D eigenvalue weighted by Crippen LogP contribution is -2.44. The van der Waals surface area contributed by atoms with Gasteiger partial charge in [0.15, 0.2) is 5.78 Å². The topological polar surface area (TPSA) is 63.2 Å². The summed E-state index contributed by atoms with van der Waals surface area (Å²) in [5.74, 6) is -0.367. The second kappa shape index (κ2) is 7.73. The monoisotopic (exact) mass is 345 g/mol. The summed E-state index contributed by atoms with van der Waals surface area (Å²) >= 11 is 0. The van der Waals surface area contributed by atoms with Crippen LogP contribution in [-0.4, -0.2) is 20.2 Å². The van der Waals surface area contributed by atoms with E-state index in [2.05, 4.69) is 4.72 Å². The van der Waals surface area contributed by atoms with Gasteiger partial charge in [0.25, 0.3) is 0 Å². The second-order valence-corrected chi connectivity index (χ2v) is 7.95. The molecule has 0 aliphatic heterocycles. The number of carbonyl (C=O) groups excluding carboxylic acids is 1. The van der Waals surface area contributed by atoms with E-state index in [-0.39, 0.29) is 16.6 Å².